The third-order valence-electron chi connectivity index (χ3n) is 2.41. The maximum atomic E-state index is 11.6. The van der Waals surface area contributed by atoms with E-state index in [0.29, 0.717) is 18.0 Å². The molecule has 0 saturated carbocycles. The van der Waals surface area contributed by atoms with Crippen LogP contribution in [0.1, 0.15) is 17.4 Å². The minimum absolute atomic E-state index is 0.311. The lowest BCUT2D eigenvalue weighted by Gasteiger charge is -2.00. The Kier molecular flexibility index (Phi) is 3.14. The zero-order valence-corrected chi connectivity index (χ0v) is 9.57. The predicted molar refractivity (Wildman–Crippen MR) is 66.6 cm³/mol. The topological polar surface area (TPSA) is 68.1 Å². The van der Waals surface area contributed by atoms with E-state index in [0.717, 1.165) is 11.3 Å². The second-order valence-electron chi connectivity index (χ2n) is 3.60. The molecule has 0 saturated heterocycles. The van der Waals surface area contributed by atoms with Gasteiger partial charge in [-0.3, -0.25) is 0 Å². The molecule has 0 amide bonds. The molecule has 4 nitrogen and oxygen atoms in total. The number of ether oxygens (including phenoxy) is 1. The van der Waals surface area contributed by atoms with Crippen molar-refractivity contribution in [2.75, 3.05) is 12.3 Å². The average Bonchev–Trinajstić information content (AvgIpc) is 2.73. The molecule has 0 aliphatic rings. The molecule has 1 aromatic carbocycles. The van der Waals surface area contributed by atoms with Crippen LogP contribution in [0, 0.1) is 0 Å². The summed E-state index contributed by atoms with van der Waals surface area (Å²) >= 11 is 0. The standard InChI is InChI=1S/C13H14N2O2/c1-2-17-13(16)12-10(14)8-11(15-12)9-6-4-3-5-7-9/h3-8,15H,2,14H2,1H3. The fourth-order valence-corrected chi connectivity index (χ4v) is 1.62. The molecule has 0 radical (unpaired) electrons. The maximum absolute atomic E-state index is 11.6. The van der Waals surface area contributed by atoms with Gasteiger partial charge in [-0.2, -0.15) is 0 Å². The van der Waals surface area contributed by atoms with Crippen LogP contribution < -0.4 is 5.73 Å². The summed E-state index contributed by atoms with van der Waals surface area (Å²) in [6.07, 6.45) is 0. The first-order chi connectivity index (χ1) is 8.22. The van der Waals surface area contributed by atoms with E-state index in [4.69, 9.17) is 10.5 Å². The molecule has 0 spiro atoms. The number of hydrogen-bond donors (Lipinski definition) is 2. The molecular weight excluding hydrogens is 216 g/mol. The monoisotopic (exact) mass is 230 g/mol. The third kappa shape index (κ3) is 2.30. The number of nitrogens with two attached hydrogens (primary N) is 1. The van der Waals surface area contributed by atoms with Gasteiger partial charge < -0.3 is 15.5 Å². The summed E-state index contributed by atoms with van der Waals surface area (Å²) in [5.74, 6) is -0.424. The number of aromatic nitrogens is 1. The summed E-state index contributed by atoms with van der Waals surface area (Å²) in [7, 11) is 0. The van der Waals surface area contributed by atoms with Crippen molar-refractivity contribution in [2.24, 2.45) is 0 Å². The van der Waals surface area contributed by atoms with Gasteiger partial charge in [-0.05, 0) is 18.6 Å². The van der Waals surface area contributed by atoms with Gasteiger partial charge in [0.15, 0.2) is 0 Å². The van der Waals surface area contributed by atoms with Gasteiger partial charge in [0.05, 0.1) is 12.3 Å². The summed E-state index contributed by atoms with van der Waals surface area (Å²) in [5, 5.41) is 0. The van der Waals surface area contributed by atoms with Gasteiger partial charge in [0.2, 0.25) is 0 Å². The van der Waals surface area contributed by atoms with Gasteiger partial charge in [-0.15, -0.1) is 0 Å². The van der Waals surface area contributed by atoms with Gasteiger partial charge in [0.25, 0.3) is 0 Å². The molecule has 17 heavy (non-hydrogen) atoms. The number of carbonyl (C=O) groups is 1. The van der Waals surface area contributed by atoms with Crippen molar-refractivity contribution in [3.05, 3.63) is 42.1 Å². The number of benzene rings is 1. The predicted octanol–water partition coefficient (Wildman–Crippen LogP) is 2.44. The van der Waals surface area contributed by atoms with Crippen LogP contribution in [0.3, 0.4) is 0 Å². The number of anilines is 1. The van der Waals surface area contributed by atoms with Crippen LogP contribution in [0.4, 0.5) is 5.69 Å². The smallest absolute Gasteiger partial charge is 0.356 e. The molecule has 1 heterocycles. The first-order valence-electron chi connectivity index (χ1n) is 5.43. The number of nitrogen functional groups attached to an aromatic ring is 1. The van der Waals surface area contributed by atoms with Crippen molar-refractivity contribution in [1.29, 1.82) is 0 Å². The van der Waals surface area contributed by atoms with E-state index >= 15 is 0 Å². The number of rotatable bonds is 3. The van der Waals surface area contributed by atoms with Crippen molar-refractivity contribution in [2.45, 2.75) is 6.92 Å². The van der Waals surface area contributed by atoms with E-state index in [1.165, 1.54) is 0 Å². The van der Waals surface area contributed by atoms with Crippen LogP contribution in [0.5, 0.6) is 0 Å². The molecule has 0 fully saturated rings. The second-order valence-corrected chi connectivity index (χ2v) is 3.60. The van der Waals surface area contributed by atoms with Crippen molar-refractivity contribution in [1.82, 2.24) is 4.98 Å². The Hall–Kier alpha value is -2.23. The first-order valence-corrected chi connectivity index (χ1v) is 5.43. The highest BCUT2D eigenvalue weighted by Crippen LogP contribution is 2.23. The minimum atomic E-state index is -0.424. The molecule has 88 valence electrons. The van der Waals surface area contributed by atoms with Crippen LogP contribution in [-0.2, 0) is 4.74 Å². The summed E-state index contributed by atoms with van der Waals surface area (Å²) < 4.78 is 4.91. The molecular formula is C13H14N2O2. The van der Waals surface area contributed by atoms with Crippen LogP contribution in [0.2, 0.25) is 0 Å². The quantitative estimate of drug-likeness (QED) is 0.796. The SMILES string of the molecule is CCOC(=O)c1[nH]c(-c2ccccc2)cc1N. The van der Waals surface area contributed by atoms with E-state index in [1.54, 1.807) is 13.0 Å². The molecule has 0 aliphatic heterocycles. The molecule has 0 bridgehead atoms. The number of aromatic amines is 1. The summed E-state index contributed by atoms with van der Waals surface area (Å²) in [6, 6.07) is 11.4. The fourth-order valence-electron chi connectivity index (χ4n) is 1.62. The lowest BCUT2D eigenvalue weighted by Crippen LogP contribution is -2.07. The van der Waals surface area contributed by atoms with E-state index < -0.39 is 5.97 Å². The Morgan fingerprint density at radius 3 is 2.71 bits per heavy atom. The van der Waals surface area contributed by atoms with Crippen molar-refractivity contribution in [3.63, 3.8) is 0 Å². The number of hydrogen-bond acceptors (Lipinski definition) is 3. The highest BCUT2D eigenvalue weighted by Gasteiger charge is 2.14. The van der Waals surface area contributed by atoms with Crippen LogP contribution in [-0.4, -0.2) is 17.6 Å². The van der Waals surface area contributed by atoms with Gasteiger partial charge in [-0.25, -0.2) is 4.79 Å². The number of H-pyrrole nitrogens is 1. The Morgan fingerprint density at radius 1 is 1.35 bits per heavy atom. The van der Waals surface area contributed by atoms with Crippen molar-refractivity contribution in [3.8, 4) is 11.3 Å². The zero-order chi connectivity index (χ0) is 12.3. The van der Waals surface area contributed by atoms with Gasteiger partial charge in [0.1, 0.15) is 5.69 Å². The van der Waals surface area contributed by atoms with E-state index in [9.17, 15) is 4.79 Å². The van der Waals surface area contributed by atoms with E-state index in [2.05, 4.69) is 4.98 Å². The second kappa shape index (κ2) is 4.74. The molecule has 4 heteroatoms. The number of esters is 1. The van der Waals surface area contributed by atoms with E-state index in [1.807, 2.05) is 30.3 Å². The Labute approximate surface area is 99.4 Å². The number of carbonyl (C=O) groups excluding carboxylic acids is 1. The summed E-state index contributed by atoms with van der Waals surface area (Å²) in [5.41, 5.74) is 8.29. The molecule has 1 aromatic heterocycles. The molecule has 3 N–H and O–H groups in total. The summed E-state index contributed by atoms with van der Waals surface area (Å²) in [6.45, 7) is 2.09. The van der Waals surface area contributed by atoms with Gasteiger partial charge in [0, 0.05) is 5.69 Å². The zero-order valence-electron chi connectivity index (χ0n) is 9.57. The summed E-state index contributed by atoms with van der Waals surface area (Å²) in [4.78, 5) is 14.6. The Bertz CT molecular complexity index is 517. The van der Waals surface area contributed by atoms with Crippen LogP contribution >= 0.6 is 0 Å². The van der Waals surface area contributed by atoms with E-state index in [-0.39, 0.29) is 0 Å². The van der Waals surface area contributed by atoms with Crippen LogP contribution in [0.25, 0.3) is 11.3 Å². The van der Waals surface area contributed by atoms with Crippen molar-refractivity contribution < 1.29 is 9.53 Å². The van der Waals surface area contributed by atoms with Crippen molar-refractivity contribution >= 4 is 11.7 Å². The van der Waals surface area contributed by atoms with Gasteiger partial charge in [-0.1, -0.05) is 30.3 Å². The number of nitrogens with one attached hydrogen (secondary N) is 1. The molecule has 2 rings (SSSR count). The largest absolute Gasteiger partial charge is 0.461 e. The molecule has 0 atom stereocenters. The van der Waals surface area contributed by atoms with Crippen LogP contribution in [0.15, 0.2) is 36.4 Å². The lowest BCUT2D eigenvalue weighted by atomic mass is 10.2. The Morgan fingerprint density at radius 2 is 2.06 bits per heavy atom. The molecule has 0 unspecified atom stereocenters. The molecule has 2 aromatic rings. The highest BCUT2D eigenvalue weighted by molar-refractivity contribution is 5.94. The average molecular weight is 230 g/mol. The fraction of sp³-hybridized carbons (Fsp3) is 0.154. The Balaban J connectivity index is 2.34. The molecule has 0 aliphatic carbocycles. The van der Waals surface area contributed by atoms with Gasteiger partial charge >= 0.3 is 5.97 Å². The lowest BCUT2D eigenvalue weighted by molar-refractivity contribution is 0.0521. The normalized spacial score (nSPS) is 10.2. The maximum Gasteiger partial charge on any atom is 0.356 e. The highest BCUT2D eigenvalue weighted by atomic mass is 16.5. The third-order valence-corrected chi connectivity index (χ3v) is 2.41. The minimum Gasteiger partial charge on any atom is -0.461 e. The first kappa shape index (κ1) is 11.3.